The lowest BCUT2D eigenvalue weighted by Gasteiger charge is -2.11. The van der Waals surface area contributed by atoms with Crippen LogP contribution < -0.4 is 15.4 Å². The third kappa shape index (κ3) is 4.68. The summed E-state index contributed by atoms with van der Waals surface area (Å²) in [5, 5.41) is 7.01. The van der Waals surface area contributed by atoms with Crippen LogP contribution in [0.1, 0.15) is 0 Å². The summed E-state index contributed by atoms with van der Waals surface area (Å²) in [6.07, 6.45) is 1.72. The van der Waals surface area contributed by atoms with E-state index in [-0.39, 0.29) is 6.03 Å². The van der Waals surface area contributed by atoms with Gasteiger partial charge in [-0.15, -0.1) is 0 Å². The molecule has 0 aliphatic carbocycles. The number of amides is 2. The van der Waals surface area contributed by atoms with E-state index in [2.05, 4.69) is 20.6 Å². The molecule has 7 nitrogen and oxygen atoms in total. The van der Waals surface area contributed by atoms with Gasteiger partial charge in [0.05, 0.1) is 33.3 Å². The number of ether oxygens (including phenoxy) is 1. The van der Waals surface area contributed by atoms with E-state index in [9.17, 15) is 4.79 Å². The van der Waals surface area contributed by atoms with Crippen LogP contribution in [0.3, 0.4) is 0 Å². The van der Waals surface area contributed by atoms with Crippen LogP contribution >= 0.6 is 11.6 Å². The molecule has 0 bridgehead atoms. The first-order valence-corrected chi connectivity index (χ1v) is 12.0. The molecule has 8 heteroatoms. The highest BCUT2D eigenvalue weighted by molar-refractivity contribution is 6.33. The predicted molar refractivity (Wildman–Crippen MR) is 147 cm³/mol. The number of aromatic nitrogens is 3. The number of imidazole rings is 1. The molecule has 0 saturated carbocycles. The minimum absolute atomic E-state index is 0.335. The van der Waals surface area contributed by atoms with Crippen molar-refractivity contribution >= 4 is 50.9 Å². The first kappa shape index (κ1) is 22.6. The van der Waals surface area contributed by atoms with Gasteiger partial charge in [-0.3, -0.25) is 4.98 Å². The Morgan fingerprint density at radius 2 is 1.59 bits per heavy atom. The average Bonchev–Trinajstić information content (AvgIpc) is 3.34. The van der Waals surface area contributed by atoms with Crippen molar-refractivity contribution in [3.63, 3.8) is 0 Å². The lowest BCUT2D eigenvalue weighted by Crippen LogP contribution is -2.19. The molecule has 0 atom stereocenters. The number of benzene rings is 4. The Morgan fingerprint density at radius 3 is 2.41 bits per heavy atom. The average molecular weight is 506 g/mol. The number of nitrogens with zero attached hydrogens (tertiary/aromatic N) is 2. The Morgan fingerprint density at radius 1 is 0.838 bits per heavy atom. The first-order valence-electron chi connectivity index (χ1n) is 11.6. The number of nitrogens with one attached hydrogen (secondary N) is 3. The molecule has 0 saturated heterocycles. The van der Waals surface area contributed by atoms with Crippen LogP contribution in [0.5, 0.6) is 11.5 Å². The molecule has 0 aliphatic heterocycles. The second-order valence-electron chi connectivity index (χ2n) is 8.31. The molecule has 37 heavy (non-hydrogen) atoms. The van der Waals surface area contributed by atoms with E-state index >= 15 is 0 Å². The monoisotopic (exact) mass is 505 g/mol. The van der Waals surface area contributed by atoms with Gasteiger partial charge >= 0.3 is 6.03 Å². The van der Waals surface area contributed by atoms with E-state index in [1.165, 1.54) is 0 Å². The molecule has 0 spiro atoms. The lowest BCUT2D eigenvalue weighted by molar-refractivity contribution is 0.262. The van der Waals surface area contributed by atoms with Gasteiger partial charge in [0, 0.05) is 16.8 Å². The van der Waals surface area contributed by atoms with Crippen molar-refractivity contribution in [2.75, 3.05) is 10.6 Å². The normalized spacial score (nSPS) is 10.9. The maximum Gasteiger partial charge on any atom is 0.323 e. The number of carbonyl (C=O) groups is 1. The van der Waals surface area contributed by atoms with Crippen LogP contribution in [0.2, 0.25) is 5.02 Å². The van der Waals surface area contributed by atoms with Crippen molar-refractivity contribution in [2.24, 2.45) is 0 Å². The number of fused-ring (bicyclic) bond motifs is 3. The molecule has 0 unspecified atom stereocenters. The van der Waals surface area contributed by atoms with E-state index in [4.69, 9.17) is 21.3 Å². The number of hydrogen-bond acceptors (Lipinski definition) is 4. The summed E-state index contributed by atoms with van der Waals surface area (Å²) in [6.45, 7) is 0. The smallest absolute Gasteiger partial charge is 0.323 e. The molecule has 2 aromatic heterocycles. The number of para-hydroxylation sites is 2. The van der Waals surface area contributed by atoms with Crippen molar-refractivity contribution in [1.29, 1.82) is 0 Å². The number of halogens is 1. The fourth-order valence-corrected chi connectivity index (χ4v) is 4.36. The summed E-state index contributed by atoms with van der Waals surface area (Å²) in [5.74, 6) is 1.86. The highest BCUT2D eigenvalue weighted by Crippen LogP contribution is 2.38. The van der Waals surface area contributed by atoms with Gasteiger partial charge in [-0.1, -0.05) is 54.1 Å². The molecule has 6 aromatic rings. The molecule has 0 aliphatic rings. The zero-order valence-electron chi connectivity index (χ0n) is 19.4. The molecule has 3 N–H and O–H groups in total. The van der Waals surface area contributed by atoms with Gasteiger partial charge in [0.25, 0.3) is 0 Å². The topological polar surface area (TPSA) is 91.9 Å². The maximum atomic E-state index is 12.4. The van der Waals surface area contributed by atoms with Gasteiger partial charge in [0.1, 0.15) is 17.3 Å². The number of H-pyrrole nitrogens is 1. The molecule has 0 radical (unpaired) electrons. The summed E-state index contributed by atoms with van der Waals surface area (Å²) in [5.41, 5.74) is 4.19. The van der Waals surface area contributed by atoms with Crippen molar-refractivity contribution in [2.45, 2.75) is 0 Å². The van der Waals surface area contributed by atoms with E-state index in [0.29, 0.717) is 44.8 Å². The second kappa shape index (κ2) is 9.64. The Hall–Kier alpha value is -4.88. The fraction of sp³-hybridized carbons (Fsp3) is 0. The van der Waals surface area contributed by atoms with Gasteiger partial charge < -0.3 is 20.4 Å². The maximum absolute atomic E-state index is 12.4. The van der Waals surface area contributed by atoms with Crippen LogP contribution in [-0.2, 0) is 0 Å². The third-order valence-electron chi connectivity index (χ3n) is 5.79. The van der Waals surface area contributed by atoms with Gasteiger partial charge in [0.15, 0.2) is 0 Å². The molecule has 2 heterocycles. The first-order chi connectivity index (χ1) is 18.1. The van der Waals surface area contributed by atoms with E-state index in [1.807, 2.05) is 91.0 Å². The quantitative estimate of drug-likeness (QED) is 0.222. The van der Waals surface area contributed by atoms with Gasteiger partial charge in [-0.25, -0.2) is 9.78 Å². The standard InChI is InChI=1S/C29H20ClN5O2/c30-22-12-7-13-25(37-20-10-5-2-6-11-20)26(22)28-34-24-17-31-23-16-19(14-15-21(23)27(24)35-28)33-29(36)32-18-8-3-1-4-9-18/h1-17H,(H,34,35)(H2,32,33,36). The molecule has 2 amide bonds. The minimum atomic E-state index is -0.335. The number of urea groups is 1. The van der Waals surface area contributed by atoms with Crippen molar-refractivity contribution in [3.8, 4) is 22.9 Å². The molecule has 4 aromatic carbocycles. The fourth-order valence-electron chi connectivity index (χ4n) is 4.10. The van der Waals surface area contributed by atoms with Crippen LogP contribution in [0, 0.1) is 0 Å². The summed E-state index contributed by atoms with van der Waals surface area (Å²) < 4.78 is 6.12. The van der Waals surface area contributed by atoms with Gasteiger partial charge in [-0.05, 0) is 54.6 Å². The number of anilines is 2. The Kier molecular flexibility index (Phi) is 5.88. The third-order valence-corrected chi connectivity index (χ3v) is 6.11. The minimum Gasteiger partial charge on any atom is -0.457 e. The van der Waals surface area contributed by atoms with E-state index in [0.717, 1.165) is 16.4 Å². The number of pyridine rings is 1. The zero-order chi connectivity index (χ0) is 25.2. The number of rotatable bonds is 5. The molecule has 180 valence electrons. The van der Waals surface area contributed by atoms with E-state index < -0.39 is 0 Å². The summed E-state index contributed by atoms with van der Waals surface area (Å²) in [4.78, 5) is 25.2. The number of aromatic amines is 1. The van der Waals surface area contributed by atoms with Crippen molar-refractivity contribution in [1.82, 2.24) is 15.0 Å². The molecular formula is C29H20ClN5O2. The molecule has 6 rings (SSSR count). The zero-order valence-corrected chi connectivity index (χ0v) is 20.2. The van der Waals surface area contributed by atoms with E-state index in [1.54, 1.807) is 12.3 Å². The summed E-state index contributed by atoms with van der Waals surface area (Å²) in [6, 6.07) is 29.5. The van der Waals surface area contributed by atoms with Crippen LogP contribution in [0.4, 0.5) is 16.2 Å². The highest BCUT2D eigenvalue weighted by atomic mass is 35.5. The number of carbonyl (C=O) groups excluding carboxylic acids is 1. The van der Waals surface area contributed by atoms with Gasteiger partial charge in [0.2, 0.25) is 0 Å². The van der Waals surface area contributed by atoms with Crippen LogP contribution in [-0.4, -0.2) is 21.0 Å². The Bertz CT molecular complexity index is 1740. The van der Waals surface area contributed by atoms with Crippen LogP contribution in [0.25, 0.3) is 33.3 Å². The van der Waals surface area contributed by atoms with Crippen molar-refractivity contribution < 1.29 is 9.53 Å². The summed E-state index contributed by atoms with van der Waals surface area (Å²) in [7, 11) is 0. The largest absolute Gasteiger partial charge is 0.457 e. The predicted octanol–water partition coefficient (Wildman–Crippen LogP) is 7.87. The Labute approximate surface area is 217 Å². The molecule has 0 fully saturated rings. The van der Waals surface area contributed by atoms with Gasteiger partial charge in [-0.2, -0.15) is 0 Å². The SMILES string of the molecule is O=C(Nc1ccccc1)Nc1ccc2c(c1)ncc1[nH]c(-c3c(Cl)cccc3Oc3ccccc3)nc12. The Balaban J connectivity index is 1.33. The van der Waals surface area contributed by atoms with Crippen molar-refractivity contribution in [3.05, 3.63) is 108 Å². The number of hydrogen-bond donors (Lipinski definition) is 3. The molecular weight excluding hydrogens is 486 g/mol. The second-order valence-corrected chi connectivity index (χ2v) is 8.72. The highest BCUT2D eigenvalue weighted by Gasteiger charge is 2.17. The lowest BCUT2D eigenvalue weighted by atomic mass is 10.1. The summed E-state index contributed by atoms with van der Waals surface area (Å²) >= 11 is 6.60. The van der Waals surface area contributed by atoms with Crippen LogP contribution in [0.15, 0.2) is 103 Å².